The summed E-state index contributed by atoms with van der Waals surface area (Å²) in [7, 11) is 1.63. The van der Waals surface area contributed by atoms with Crippen LogP contribution in [0.2, 0.25) is 0 Å². The monoisotopic (exact) mass is 336 g/mol. The number of imidazole rings is 1. The van der Waals surface area contributed by atoms with Crippen LogP contribution in [0.25, 0.3) is 11.2 Å². The van der Waals surface area contributed by atoms with Crippen LogP contribution in [0.3, 0.4) is 0 Å². The zero-order valence-corrected chi connectivity index (χ0v) is 14.1. The lowest BCUT2D eigenvalue weighted by Crippen LogP contribution is -2.07. The van der Waals surface area contributed by atoms with Crippen LogP contribution in [-0.2, 0) is 0 Å². The number of ether oxygens (including phenoxy) is 1. The van der Waals surface area contributed by atoms with E-state index in [2.05, 4.69) is 24.8 Å². The Kier molecular flexibility index (Phi) is 4.05. The maximum Gasteiger partial charge on any atom is 0.174 e. The van der Waals surface area contributed by atoms with Gasteiger partial charge in [0, 0.05) is 6.04 Å². The van der Waals surface area contributed by atoms with Crippen molar-refractivity contribution in [2.24, 2.45) is 0 Å². The second-order valence-electron chi connectivity index (χ2n) is 6.16. The van der Waals surface area contributed by atoms with Crippen LogP contribution < -0.4 is 10.1 Å². The standard InChI is InChI=1S/C18H20N6O/c1-25-14-9-5-4-8-13(14)21-17-16-18(23-15(10-19)22-17)24(11-20-16)12-6-2-3-7-12/h4-5,8-12,19H,2-3,6-7H2,1H3,(H,21,22,23). The van der Waals surface area contributed by atoms with E-state index in [9.17, 15) is 0 Å². The van der Waals surface area contributed by atoms with E-state index in [4.69, 9.17) is 10.1 Å². The largest absolute Gasteiger partial charge is 0.495 e. The lowest BCUT2D eigenvalue weighted by atomic mass is 10.2. The molecule has 1 aliphatic rings. The average Bonchev–Trinajstić information content (AvgIpc) is 3.31. The smallest absolute Gasteiger partial charge is 0.174 e. The van der Waals surface area contributed by atoms with Crippen molar-refractivity contribution in [2.75, 3.05) is 12.4 Å². The molecule has 0 unspecified atom stereocenters. The Labute approximate surface area is 145 Å². The van der Waals surface area contributed by atoms with E-state index >= 15 is 0 Å². The fourth-order valence-electron chi connectivity index (χ4n) is 3.41. The number of aromatic nitrogens is 4. The number of anilines is 2. The fraction of sp³-hybridized carbons (Fsp3) is 0.333. The molecule has 7 heteroatoms. The van der Waals surface area contributed by atoms with Crippen LogP contribution in [0.15, 0.2) is 30.6 Å². The maximum atomic E-state index is 7.57. The van der Waals surface area contributed by atoms with E-state index in [-0.39, 0.29) is 0 Å². The van der Waals surface area contributed by atoms with E-state index in [0.717, 1.165) is 29.9 Å². The number of rotatable bonds is 5. The van der Waals surface area contributed by atoms with Gasteiger partial charge < -0.3 is 20.0 Å². The van der Waals surface area contributed by atoms with Crippen molar-refractivity contribution in [3.63, 3.8) is 0 Å². The van der Waals surface area contributed by atoms with Crippen molar-refractivity contribution >= 4 is 28.9 Å². The van der Waals surface area contributed by atoms with Crippen LogP contribution in [0, 0.1) is 5.41 Å². The summed E-state index contributed by atoms with van der Waals surface area (Å²) in [6, 6.07) is 8.08. The number of nitrogens with one attached hydrogen (secondary N) is 2. The minimum atomic E-state index is 0.365. The van der Waals surface area contributed by atoms with E-state index < -0.39 is 0 Å². The minimum absolute atomic E-state index is 0.365. The third kappa shape index (κ3) is 2.82. The van der Waals surface area contributed by atoms with Gasteiger partial charge in [0.25, 0.3) is 0 Å². The van der Waals surface area contributed by atoms with E-state index in [0.29, 0.717) is 23.2 Å². The van der Waals surface area contributed by atoms with Gasteiger partial charge in [0.15, 0.2) is 22.8 Å². The third-order valence-electron chi connectivity index (χ3n) is 4.65. The van der Waals surface area contributed by atoms with Crippen LogP contribution in [0.5, 0.6) is 5.75 Å². The summed E-state index contributed by atoms with van der Waals surface area (Å²) in [6.45, 7) is 0. The predicted molar refractivity (Wildman–Crippen MR) is 97.0 cm³/mol. The van der Waals surface area contributed by atoms with Gasteiger partial charge in [-0.05, 0) is 25.0 Å². The minimum Gasteiger partial charge on any atom is -0.495 e. The van der Waals surface area contributed by atoms with Gasteiger partial charge in [0.1, 0.15) is 5.75 Å². The van der Waals surface area contributed by atoms with Crippen molar-refractivity contribution in [3.8, 4) is 5.75 Å². The van der Waals surface area contributed by atoms with Gasteiger partial charge in [-0.25, -0.2) is 15.0 Å². The SMILES string of the molecule is COc1ccccc1Nc1nc(C=N)nc2c1ncn2C1CCCC1. The first-order valence-electron chi connectivity index (χ1n) is 8.45. The highest BCUT2D eigenvalue weighted by Gasteiger charge is 2.21. The molecule has 1 aromatic carbocycles. The predicted octanol–water partition coefficient (Wildman–Crippen LogP) is 3.69. The molecule has 4 rings (SSSR count). The van der Waals surface area contributed by atoms with Gasteiger partial charge in [0.2, 0.25) is 0 Å². The molecule has 0 aliphatic heterocycles. The first-order valence-corrected chi connectivity index (χ1v) is 8.45. The van der Waals surface area contributed by atoms with E-state index in [1.54, 1.807) is 7.11 Å². The highest BCUT2D eigenvalue weighted by Crippen LogP contribution is 2.34. The average molecular weight is 336 g/mol. The molecular formula is C18H20N6O. The zero-order chi connectivity index (χ0) is 17.2. The van der Waals surface area contributed by atoms with E-state index in [1.807, 2.05) is 30.6 Å². The molecule has 1 aliphatic carbocycles. The summed E-state index contributed by atoms with van der Waals surface area (Å²) in [5.41, 5.74) is 2.29. The van der Waals surface area contributed by atoms with Crippen LogP contribution in [0.4, 0.5) is 11.5 Å². The molecule has 2 N–H and O–H groups in total. The summed E-state index contributed by atoms with van der Waals surface area (Å²) in [6.07, 6.45) is 7.77. The van der Waals surface area contributed by atoms with Crippen molar-refractivity contribution < 1.29 is 4.74 Å². The molecule has 0 atom stereocenters. The summed E-state index contributed by atoms with van der Waals surface area (Å²) >= 11 is 0. The molecule has 0 spiro atoms. The summed E-state index contributed by atoms with van der Waals surface area (Å²) in [4.78, 5) is 13.5. The van der Waals surface area contributed by atoms with E-state index in [1.165, 1.54) is 19.1 Å². The highest BCUT2D eigenvalue weighted by molar-refractivity contribution is 5.89. The number of hydrogen-bond donors (Lipinski definition) is 2. The lowest BCUT2D eigenvalue weighted by Gasteiger charge is -2.13. The Hall–Kier alpha value is -2.96. The quantitative estimate of drug-likeness (QED) is 0.694. The molecule has 0 saturated heterocycles. The summed E-state index contributed by atoms with van der Waals surface area (Å²) in [5.74, 6) is 1.68. The molecule has 2 heterocycles. The highest BCUT2D eigenvalue weighted by atomic mass is 16.5. The first kappa shape index (κ1) is 15.6. The Morgan fingerprint density at radius 2 is 2.04 bits per heavy atom. The normalized spacial score (nSPS) is 14.8. The molecule has 0 amide bonds. The molecular weight excluding hydrogens is 316 g/mol. The number of benzene rings is 1. The summed E-state index contributed by atoms with van der Waals surface area (Å²) < 4.78 is 7.53. The van der Waals surface area contributed by atoms with Crippen molar-refractivity contribution in [1.82, 2.24) is 19.5 Å². The van der Waals surface area contributed by atoms with Gasteiger partial charge in [-0.1, -0.05) is 25.0 Å². The molecule has 25 heavy (non-hydrogen) atoms. The second-order valence-corrected chi connectivity index (χ2v) is 6.16. The Morgan fingerprint density at radius 3 is 2.80 bits per heavy atom. The van der Waals surface area contributed by atoms with Gasteiger partial charge in [0.05, 0.1) is 25.3 Å². The van der Waals surface area contributed by atoms with Crippen LogP contribution in [0.1, 0.15) is 37.5 Å². The molecule has 128 valence electrons. The lowest BCUT2D eigenvalue weighted by molar-refractivity contribution is 0.417. The topological polar surface area (TPSA) is 88.7 Å². The van der Waals surface area contributed by atoms with Crippen molar-refractivity contribution in [1.29, 1.82) is 5.41 Å². The first-order chi connectivity index (χ1) is 12.3. The molecule has 2 aromatic heterocycles. The molecule has 1 saturated carbocycles. The van der Waals surface area contributed by atoms with Gasteiger partial charge in [-0.15, -0.1) is 0 Å². The second kappa shape index (κ2) is 6.51. The number of hydrogen-bond acceptors (Lipinski definition) is 6. The molecule has 0 bridgehead atoms. The van der Waals surface area contributed by atoms with Crippen molar-refractivity contribution in [2.45, 2.75) is 31.7 Å². The Balaban J connectivity index is 1.81. The maximum absolute atomic E-state index is 7.57. The van der Waals surface area contributed by atoms with Crippen LogP contribution >= 0.6 is 0 Å². The van der Waals surface area contributed by atoms with Crippen molar-refractivity contribution in [3.05, 3.63) is 36.4 Å². The zero-order valence-electron chi connectivity index (χ0n) is 14.1. The molecule has 3 aromatic rings. The van der Waals surface area contributed by atoms with Crippen LogP contribution in [-0.4, -0.2) is 32.8 Å². The molecule has 7 nitrogen and oxygen atoms in total. The number of fused-ring (bicyclic) bond motifs is 1. The summed E-state index contributed by atoms with van der Waals surface area (Å²) in [5, 5.41) is 10.9. The Bertz CT molecular complexity index is 913. The fourth-order valence-corrected chi connectivity index (χ4v) is 3.41. The van der Waals surface area contributed by atoms with Gasteiger partial charge in [-0.3, -0.25) is 0 Å². The molecule has 0 radical (unpaired) electrons. The number of methoxy groups -OCH3 is 1. The molecule has 1 fully saturated rings. The number of nitrogens with zero attached hydrogens (tertiary/aromatic N) is 4. The third-order valence-corrected chi connectivity index (χ3v) is 4.65. The van der Waals surface area contributed by atoms with Gasteiger partial charge >= 0.3 is 0 Å². The Morgan fingerprint density at radius 1 is 1.24 bits per heavy atom. The van der Waals surface area contributed by atoms with Gasteiger partial charge in [-0.2, -0.15) is 0 Å². The number of para-hydroxylation sites is 2.